The second-order valence-corrected chi connectivity index (χ2v) is 7.51. The normalized spacial score (nSPS) is 10.7. The minimum atomic E-state index is -0.557. The Bertz CT molecular complexity index is 1290. The first kappa shape index (κ1) is 19.5. The van der Waals surface area contributed by atoms with Crippen molar-refractivity contribution in [2.24, 2.45) is 0 Å². The molecule has 4 aromatic rings. The Kier molecular flexibility index (Phi) is 5.40. The molecule has 0 unspecified atom stereocenters. The first-order valence-electron chi connectivity index (χ1n) is 9.08. The van der Waals surface area contributed by atoms with Crippen molar-refractivity contribution < 1.29 is 14.3 Å². The van der Waals surface area contributed by atoms with Gasteiger partial charge in [-0.05, 0) is 23.8 Å². The van der Waals surface area contributed by atoms with Crippen LogP contribution in [0.2, 0.25) is 0 Å². The van der Waals surface area contributed by atoms with E-state index in [4.69, 9.17) is 4.74 Å². The molecule has 2 heterocycles. The zero-order valence-electron chi connectivity index (χ0n) is 16.0. The fraction of sp³-hybridized carbons (Fsp3) is 0.0909. The number of benzene rings is 2. The van der Waals surface area contributed by atoms with Gasteiger partial charge in [0.05, 0.1) is 30.2 Å². The number of nitrogens with one attached hydrogen (secondary N) is 1. The van der Waals surface area contributed by atoms with Crippen molar-refractivity contribution in [3.8, 4) is 10.4 Å². The van der Waals surface area contributed by atoms with E-state index in [9.17, 15) is 14.4 Å². The van der Waals surface area contributed by atoms with Crippen LogP contribution in [0, 0.1) is 0 Å². The molecule has 4 rings (SSSR count). The van der Waals surface area contributed by atoms with Gasteiger partial charge in [-0.25, -0.2) is 9.78 Å². The van der Waals surface area contributed by atoms with E-state index in [1.54, 1.807) is 24.3 Å². The molecule has 2 aromatic heterocycles. The topological polar surface area (TPSA) is 90.3 Å². The van der Waals surface area contributed by atoms with Crippen LogP contribution in [0.25, 0.3) is 20.7 Å². The summed E-state index contributed by atoms with van der Waals surface area (Å²) < 4.78 is 6.47. The van der Waals surface area contributed by atoms with Crippen LogP contribution in [0.4, 0.5) is 5.69 Å². The molecule has 1 amide bonds. The van der Waals surface area contributed by atoms with Crippen molar-refractivity contribution in [1.29, 1.82) is 0 Å². The molecule has 0 saturated heterocycles. The molecule has 0 aliphatic rings. The van der Waals surface area contributed by atoms with Gasteiger partial charge < -0.3 is 10.1 Å². The monoisotopic (exact) mass is 419 g/mol. The molecule has 2 aromatic carbocycles. The summed E-state index contributed by atoms with van der Waals surface area (Å²) in [4.78, 5) is 42.5. The molecule has 8 heteroatoms. The SMILES string of the molecule is COC(=O)c1ccccc1NC(=O)Cn1cnc2cc(-c3ccccc3)sc2c1=O. The van der Waals surface area contributed by atoms with Crippen LogP contribution in [-0.2, 0) is 16.1 Å². The second-order valence-electron chi connectivity index (χ2n) is 6.45. The lowest BCUT2D eigenvalue weighted by molar-refractivity contribution is -0.116. The summed E-state index contributed by atoms with van der Waals surface area (Å²) in [7, 11) is 1.27. The molecular formula is C22H17N3O4S. The summed E-state index contributed by atoms with van der Waals surface area (Å²) >= 11 is 1.34. The number of para-hydroxylation sites is 1. The third kappa shape index (κ3) is 3.85. The molecule has 0 bridgehead atoms. The predicted octanol–water partition coefficient (Wildman–Crippen LogP) is 3.55. The Morgan fingerprint density at radius 3 is 2.60 bits per heavy atom. The smallest absolute Gasteiger partial charge is 0.339 e. The number of rotatable bonds is 5. The van der Waals surface area contributed by atoms with Gasteiger partial charge in [-0.3, -0.25) is 14.2 Å². The summed E-state index contributed by atoms with van der Waals surface area (Å²) in [5.74, 6) is -1.01. The lowest BCUT2D eigenvalue weighted by Gasteiger charge is -2.10. The van der Waals surface area contributed by atoms with Crippen LogP contribution in [0.5, 0.6) is 0 Å². The van der Waals surface area contributed by atoms with Gasteiger partial charge in [0.2, 0.25) is 5.91 Å². The number of thiophene rings is 1. The Labute approximate surface area is 175 Å². The number of methoxy groups -OCH3 is 1. The summed E-state index contributed by atoms with van der Waals surface area (Å²) in [5, 5.41) is 2.66. The van der Waals surface area contributed by atoms with Gasteiger partial charge in [0.1, 0.15) is 11.2 Å². The standard InChI is InChI=1S/C22H17N3O4S/c1-29-22(28)15-9-5-6-10-16(15)24-19(26)12-25-13-23-17-11-18(30-20(17)21(25)27)14-7-3-2-4-8-14/h2-11,13H,12H2,1H3,(H,24,26). The number of nitrogens with zero attached hydrogens (tertiary/aromatic N) is 2. The zero-order valence-corrected chi connectivity index (χ0v) is 16.8. The number of ether oxygens (including phenoxy) is 1. The van der Waals surface area contributed by atoms with Crippen molar-refractivity contribution in [3.05, 3.63) is 82.9 Å². The Balaban J connectivity index is 1.59. The third-order valence-electron chi connectivity index (χ3n) is 4.48. The van der Waals surface area contributed by atoms with Gasteiger partial charge in [-0.15, -0.1) is 11.3 Å². The van der Waals surface area contributed by atoms with Crippen LogP contribution >= 0.6 is 11.3 Å². The number of carbonyl (C=O) groups is 2. The molecule has 0 saturated carbocycles. The number of anilines is 1. The molecule has 30 heavy (non-hydrogen) atoms. The van der Waals surface area contributed by atoms with E-state index < -0.39 is 11.9 Å². The van der Waals surface area contributed by atoms with Crippen LogP contribution < -0.4 is 10.9 Å². The molecule has 7 nitrogen and oxygen atoms in total. The van der Waals surface area contributed by atoms with Gasteiger partial charge in [-0.2, -0.15) is 0 Å². The number of fused-ring (bicyclic) bond motifs is 1. The van der Waals surface area contributed by atoms with Gasteiger partial charge in [-0.1, -0.05) is 42.5 Å². The molecule has 0 spiro atoms. The van der Waals surface area contributed by atoms with Crippen LogP contribution in [0.3, 0.4) is 0 Å². The van der Waals surface area contributed by atoms with Crippen molar-refractivity contribution >= 4 is 39.1 Å². The number of hydrogen-bond acceptors (Lipinski definition) is 6. The molecule has 0 atom stereocenters. The van der Waals surface area contributed by atoms with Crippen molar-refractivity contribution in [2.75, 3.05) is 12.4 Å². The summed E-state index contributed by atoms with van der Waals surface area (Å²) in [6.45, 7) is -0.226. The van der Waals surface area contributed by atoms with Gasteiger partial charge in [0, 0.05) is 4.88 Å². The number of carbonyl (C=O) groups excluding carboxylic acids is 2. The molecule has 0 fully saturated rings. The number of hydrogen-bond donors (Lipinski definition) is 1. The maximum Gasteiger partial charge on any atom is 0.339 e. The average molecular weight is 419 g/mol. The van der Waals surface area contributed by atoms with Crippen molar-refractivity contribution in [2.45, 2.75) is 6.54 Å². The van der Waals surface area contributed by atoms with E-state index in [0.29, 0.717) is 15.9 Å². The van der Waals surface area contributed by atoms with Gasteiger partial charge in [0.15, 0.2) is 0 Å². The molecule has 0 radical (unpaired) electrons. The van der Waals surface area contributed by atoms with Crippen molar-refractivity contribution in [3.63, 3.8) is 0 Å². The second kappa shape index (κ2) is 8.30. The quantitative estimate of drug-likeness (QED) is 0.500. The molecule has 0 aliphatic carbocycles. The van der Waals surface area contributed by atoms with E-state index in [-0.39, 0.29) is 17.7 Å². The first-order valence-corrected chi connectivity index (χ1v) is 9.90. The highest BCUT2D eigenvalue weighted by Crippen LogP contribution is 2.30. The highest BCUT2D eigenvalue weighted by atomic mass is 32.1. The lowest BCUT2D eigenvalue weighted by atomic mass is 10.2. The van der Waals surface area contributed by atoms with Gasteiger partial charge in [0.25, 0.3) is 5.56 Å². The zero-order chi connectivity index (χ0) is 21.1. The van der Waals surface area contributed by atoms with Crippen LogP contribution in [0.15, 0.2) is 71.8 Å². The molecule has 1 N–H and O–H groups in total. The van der Waals surface area contributed by atoms with E-state index in [0.717, 1.165) is 10.4 Å². The molecule has 0 aliphatic heterocycles. The Hall–Kier alpha value is -3.78. The maximum atomic E-state index is 12.9. The largest absolute Gasteiger partial charge is 0.465 e. The highest BCUT2D eigenvalue weighted by Gasteiger charge is 2.15. The predicted molar refractivity (Wildman–Crippen MR) is 116 cm³/mol. The lowest BCUT2D eigenvalue weighted by Crippen LogP contribution is -2.28. The maximum absolute atomic E-state index is 12.9. The summed E-state index contributed by atoms with van der Waals surface area (Å²) in [6.07, 6.45) is 1.36. The van der Waals surface area contributed by atoms with Crippen LogP contribution in [0.1, 0.15) is 10.4 Å². The number of esters is 1. The average Bonchev–Trinajstić information content (AvgIpc) is 3.21. The van der Waals surface area contributed by atoms with E-state index in [1.165, 1.54) is 29.3 Å². The van der Waals surface area contributed by atoms with E-state index >= 15 is 0 Å². The first-order chi connectivity index (χ1) is 14.6. The fourth-order valence-corrected chi connectivity index (χ4v) is 4.09. The molecular weight excluding hydrogens is 402 g/mol. The van der Waals surface area contributed by atoms with E-state index in [1.807, 2.05) is 36.4 Å². The minimum Gasteiger partial charge on any atom is -0.465 e. The Morgan fingerprint density at radius 2 is 1.83 bits per heavy atom. The summed E-state index contributed by atoms with van der Waals surface area (Å²) in [6, 6.07) is 18.1. The fourth-order valence-electron chi connectivity index (χ4n) is 3.03. The van der Waals surface area contributed by atoms with E-state index in [2.05, 4.69) is 10.3 Å². The Morgan fingerprint density at radius 1 is 1.10 bits per heavy atom. The van der Waals surface area contributed by atoms with Crippen LogP contribution in [-0.4, -0.2) is 28.5 Å². The third-order valence-corrected chi connectivity index (χ3v) is 5.64. The summed E-state index contributed by atoms with van der Waals surface area (Å²) in [5.41, 5.74) is 1.86. The highest BCUT2D eigenvalue weighted by molar-refractivity contribution is 7.22. The molecule has 150 valence electrons. The van der Waals surface area contributed by atoms with Crippen molar-refractivity contribution in [1.82, 2.24) is 9.55 Å². The van der Waals surface area contributed by atoms with Gasteiger partial charge >= 0.3 is 5.97 Å². The number of amides is 1. The minimum absolute atomic E-state index is 0.226. The number of aromatic nitrogens is 2.